The molecule has 1 aromatic carbocycles. The third kappa shape index (κ3) is 3.61. The highest BCUT2D eigenvalue weighted by atomic mass is 32.1. The van der Waals surface area contributed by atoms with E-state index in [0.717, 1.165) is 5.01 Å². The fourth-order valence-electron chi connectivity index (χ4n) is 3.57. The van der Waals surface area contributed by atoms with Crippen LogP contribution in [-0.4, -0.2) is 38.6 Å². The molecule has 1 unspecified atom stereocenters. The summed E-state index contributed by atoms with van der Waals surface area (Å²) in [4.78, 5) is 32.8. The van der Waals surface area contributed by atoms with Gasteiger partial charge in [0, 0.05) is 5.56 Å². The highest BCUT2D eigenvalue weighted by molar-refractivity contribution is 7.15. The number of aromatic nitrogens is 3. The number of thiazole rings is 1. The molecule has 1 aliphatic heterocycles. The minimum atomic E-state index is -0.906. The highest BCUT2D eigenvalue weighted by Gasteiger charge is 2.47. The maximum absolute atomic E-state index is 13.6. The van der Waals surface area contributed by atoms with Crippen LogP contribution in [0.3, 0.4) is 0 Å². The summed E-state index contributed by atoms with van der Waals surface area (Å²) >= 11 is 2.44. The smallest absolute Gasteiger partial charge is 0.296 e. The highest BCUT2D eigenvalue weighted by Crippen LogP contribution is 2.45. The molecule has 0 aliphatic carbocycles. The first-order valence-electron chi connectivity index (χ1n) is 9.60. The van der Waals surface area contributed by atoms with Gasteiger partial charge in [0.05, 0.1) is 27.8 Å². The third-order valence-electron chi connectivity index (χ3n) is 4.80. The molecule has 3 heterocycles. The number of hydrogen-bond acceptors (Lipinski definition) is 9. The van der Waals surface area contributed by atoms with E-state index in [-0.39, 0.29) is 5.57 Å². The van der Waals surface area contributed by atoms with Crippen molar-refractivity contribution in [2.45, 2.75) is 33.7 Å². The van der Waals surface area contributed by atoms with Gasteiger partial charge < -0.3 is 9.84 Å². The van der Waals surface area contributed by atoms with Gasteiger partial charge in [-0.1, -0.05) is 29.5 Å². The molecular formula is C21H20N4O4S2. The molecule has 31 heavy (non-hydrogen) atoms. The molecule has 0 saturated heterocycles. The average molecular weight is 457 g/mol. The predicted octanol–water partition coefficient (Wildman–Crippen LogP) is 4.10. The summed E-state index contributed by atoms with van der Waals surface area (Å²) in [5.74, 6) is -1.21. The van der Waals surface area contributed by atoms with Crippen LogP contribution >= 0.6 is 22.7 Å². The number of carbonyl (C=O) groups is 2. The maximum atomic E-state index is 13.6. The van der Waals surface area contributed by atoms with Gasteiger partial charge in [-0.3, -0.25) is 14.5 Å². The standard InChI is InChI=1S/C21H20N4O4S2/c1-5-29-14-9-7-6-8-13(14)16-15(17(26)19-10(2)22-11(3)30-19)18(27)20(28)25(16)21-24-23-12(4)31-21/h6-9,16,27H,5H2,1-4H3. The van der Waals surface area contributed by atoms with Crippen LogP contribution in [0.2, 0.25) is 0 Å². The van der Waals surface area contributed by atoms with Gasteiger partial charge in [0.25, 0.3) is 5.91 Å². The van der Waals surface area contributed by atoms with Crippen LogP contribution in [0, 0.1) is 20.8 Å². The van der Waals surface area contributed by atoms with Gasteiger partial charge in [0.2, 0.25) is 10.9 Å². The molecule has 8 nitrogen and oxygen atoms in total. The van der Waals surface area contributed by atoms with Crippen LogP contribution in [-0.2, 0) is 4.79 Å². The molecule has 2 aromatic heterocycles. The second-order valence-corrected chi connectivity index (χ2v) is 9.25. The van der Waals surface area contributed by atoms with E-state index in [1.807, 2.05) is 13.0 Å². The maximum Gasteiger partial charge on any atom is 0.296 e. The Morgan fingerprint density at radius 3 is 2.52 bits per heavy atom. The van der Waals surface area contributed by atoms with Crippen molar-refractivity contribution >= 4 is 39.5 Å². The molecule has 0 bridgehead atoms. The number of aryl methyl sites for hydroxylation is 3. The first kappa shape index (κ1) is 21.1. The molecule has 0 radical (unpaired) electrons. The topological polar surface area (TPSA) is 106 Å². The van der Waals surface area contributed by atoms with Crippen LogP contribution in [0.15, 0.2) is 35.6 Å². The number of ether oxygens (including phenoxy) is 1. The number of carbonyl (C=O) groups excluding carboxylic acids is 2. The van der Waals surface area contributed by atoms with E-state index in [2.05, 4.69) is 15.2 Å². The number of nitrogens with zero attached hydrogens (tertiary/aromatic N) is 4. The fraction of sp³-hybridized carbons (Fsp3) is 0.286. The molecule has 1 atom stereocenters. The molecular weight excluding hydrogens is 436 g/mol. The van der Waals surface area contributed by atoms with Crippen molar-refractivity contribution in [3.8, 4) is 5.75 Å². The normalized spacial score (nSPS) is 16.3. The molecule has 0 fully saturated rings. The van der Waals surface area contributed by atoms with E-state index in [1.54, 1.807) is 39.0 Å². The van der Waals surface area contributed by atoms with E-state index >= 15 is 0 Å². The molecule has 160 valence electrons. The van der Waals surface area contributed by atoms with E-state index in [9.17, 15) is 14.7 Å². The number of ketones is 1. The number of rotatable bonds is 6. The molecule has 1 N–H and O–H groups in total. The van der Waals surface area contributed by atoms with Gasteiger partial charge in [-0.15, -0.1) is 21.5 Å². The number of hydrogen-bond donors (Lipinski definition) is 1. The largest absolute Gasteiger partial charge is 0.503 e. The van der Waals surface area contributed by atoms with E-state index in [1.165, 1.54) is 27.6 Å². The first-order chi connectivity index (χ1) is 14.8. The summed E-state index contributed by atoms with van der Waals surface area (Å²) in [6, 6.07) is 6.25. The van der Waals surface area contributed by atoms with Gasteiger partial charge >= 0.3 is 0 Å². The number of Topliss-reactive ketones (excluding diaryl/α,β-unsaturated/α-hetero) is 1. The minimum Gasteiger partial charge on any atom is -0.503 e. The number of para-hydroxylation sites is 1. The molecule has 10 heteroatoms. The zero-order valence-corrected chi connectivity index (χ0v) is 19.0. The molecule has 3 aromatic rings. The molecule has 1 amide bonds. The first-order valence-corrected chi connectivity index (χ1v) is 11.2. The molecule has 4 rings (SSSR count). The van der Waals surface area contributed by atoms with Gasteiger partial charge in [-0.2, -0.15) is 0 Å². The van der Waals surface area contributed by atoms with Crippen molar-refractivity contribution in [2.24, 2.45) is 0 Å². The second-order valence-electron chi connectivity index (χ2n) is 6.89. The zero-order chi connectivity index (χ0) is 22.3. The zero-order valence-electron chi connectivity index (χ0n) is 17.4. The summed E-state index contributed by atoms with van der Waals surface area (Å²) in [6.45, 7) is 7.57. The minimum absolute atomic E-state index is 0.0169. The van der Waals surface area contributed by atoms with Crippen molar-refractivity contribution in [2.75, 3.05) is 11.5 Å². The lowest BCUT2D eigenvalue weighted by atomic mass is 9.94. The lowest BCUT2D eigenvalue weighted by Gasteiger charge is -2.25. The summed E-state index contributed by atoms with van der Waals surface area (Å²) in [5.41, 5.74) is 1.12. The van der Waals surface area contributed by atoms with Crippen LogP contribution in [0.1, 0.15) is 43.9 Å². The third-order valence-corrected chi connectivity index (χ3v) is 6.71. The average Bonchev–Trinajstić information content (AvgIpc) is 3.38. The fourth-order valence-corrected chi connectivity index (χ4v) is 5.16. The van der Waals surface area contributed by atoms with Crippen LogP contribution in [0.5, 0.6) is 5.75 Å². The Balaban J connectivity index is 1.92. The second kappa shape index (κ2) is 8.20. The van der Waals surface area contributed by atoms with Crippen molar-refractivity contribution < 1.29 is 19.4 Å². The lowest BCUT2D eigenvalue weighted by molar-refractivity contribution is -0.117. The van der Waals surface area contributed by atoms with E-state index in [0.29, 0.717) is 38.6 Å². The van der Waals surface area contributed by atoms with Crippen molar-refractivity contribution in [3.05, 3.63) is 61.7 Å². The van der Waals surface area contributed by atoms with E-state index < -0.39 is 23.5 Å². The SMILES string of the molecule is CCOc1ccccc1C1C(C(=O)c2sc(C)nc2C)=C(O)C(=O)N1c1nnc(C)s1. The predicted molar refractivity (Wildman–Crippen MR) is 118 cm³/mol. The number of aliphatic hydroxyl groups is 1. The summed E-state index contributed by atoms with van der Waals surface area (Å²) in [6.07, 6.45) is 0. The van der Waals surface area contributed by atoms with Crippen LogP contribution < -0.4 is 9.64 Å². The van der Waals surface area contributed by atoms with Gasteiger partial charge in [0.15, 0.2) is 5.76 Å². The molecule has 0 saturated carbocycles. The van der Waals surface area contributed by atoms with Gasteiger partial charge in [-0.25, -0.2) is 4.98 Å². The number of benzene rings is 1. The quantitative estimate of drug-likeness (QED) is 0.557. The Kier molecular flexibility index (Phi) is 5.59. The van der Waals surface area contributed by atoms with Gasteiger partial charge in [-0.05, 0) is 33.8 Å². The van der Waals surface area contributed by atoms with Crippen molar-refractivity contribution in [1.29, 1.82) is 0 Å². The van der Waals surface area contributed by atoms with Crippen molar-refractivity contribution in [1.82, 2.24) is 15.2 Å². The van der Waals surface area contributed by atoms with Crippen molar-refractivity contribution in [3.63, 3.8) is 0 Å². The lowest BCUT2D eigenvalue weighted by Crippen LogP contribution is -2.31. The summed E-state index contributed by atoms with van der Waals surface area (Å²) < 4.78 is 5.78. The van der Waals surface area contributed by atoms with Crippen LogP contribution in [0.25, 0.3) is 0 Å². The monoisotopic (exact) mass is 456 g/mol. The van der Waals surface area contributed by atoms with E-state index in [4.69, 9.17) is 4.74 Å². The Morgan fingerprint density at radius 2 is 1.90 bits per heavy atom. The van der Waals surface area contributed by atoms with Crippen LogP contribution in [0.4, 0.5) is 5.13 Å². The Bertz CT molecular complexity index is 1210. The Morgan fingerprint density at radius 1 is 1.16 bits per heavy atom. The summed E-state index contributed by atoms with van der Waals surface area (Å²) in [7, 11) is 0. The number of anilines is 1. The summed E-state index contributed by atoms with van der Waals surface area (Å²) in [5, 5.41) is 20.6. The number of aliphatic hydroxyl groups excluding tert-OH is 1. The Hall–Kier alpha value is -3.11. The Labute approximate surface area is 186 Å². The molecule has 0 spiro atoms. The molecule has 1 aliphatic rings. The number of amides is 1. The van der Waals surface area contributed by atoms with Gasteiger partial charge in [0.1, 0.15) is 16.8 Å².